The predicted octanol–water partition coefficient (Wildman–Crippen LogP) is 1.67. The van der Waals surface area contributed by atoms with Crippen molar-refractivity contribution in [3.63, 3.8) is 0 Å². The molecular formula is C10H16N2O2S. The zero-order valence-electron chi connectivity index (χ0n) is 9.16. The summed E-state index contributed by atoms with van der Waals surface area (Å²) in [7, 11) is 0. The van der Waals surface area contributed by atoms with E-state index in [1.54, 1.807) is 0 Å². The van der Waals surface area contributed by atoms with E-state index in [9.17, 15) is 4.79 Å². The fourth-order valence-electron chi connectivity index (χ4n) is 1.01. The lowest BCUT2D eigenvalue weighted by molar-refractivity contribution is -0.0150. The molecule has 0 spiro atoms. The number of ether oxygens (including phenoxy) is 1. The van der Waals surface area contributed by atoms with Crippen LogP contribution in [0.15, 0.2) is 11.4 Å². The molecule has 1 aromatic heterocycles. The predicted molar refractivity (Wildman–Crippen MR) is 60.5 cm³/mol. The minimum Gasteiger partial charge on any atom is -0.371 e. The van der Waals surface area contributed by atoms with Crippen LogP contribution in [-0.4, -0.2) is 11.5 Å². The summed E-state index contributed by atoms with van der Waals surface area (Å²) in [5.41, 5.74) is 2.78. The Morgan fingerprint density at radius 3 is 2.80 bits per heavy atom. The number of nitrogens with two attached hydrogens (primary N) is 1. The van der Waals surface area contributed by atoms with Crippen molar-refractivity contribution in [2.45, 2.75) is 33.0 Å². The lowest BCUT2D eigenvalue weighted by Crippen LogP contribution is -2.30. The first-order chi connectivity index (χ1) is 6.94. The Bertz CT molecular complexity index is 341. The van der Waals surface area contributed by atoms with Crippen LogP contribution < -0.4 is 11.3 Å². The number of rotatable bonds is 3. The molecule has 1 amide bonds. The van der Waals surface area contributed by atoms with Gasteiger partial charge in [0.25, 0.3) is 5.91 Å². The highest BCUT2D eigenvalue weighted by Gasteiger charge is 2.15. The van der Waals surface area contributed by atoms with E-state index < -0.39 is 0 Å². The van der Waals surface area contributed by atoms with Gasteiger partial charge < -0.3 is 4.74 Å². The summed E-state index contributed by atoms with van der Waals surface area (Å²) in [4.78, 5) is 12.0. The van der Waals surface area contributed by atoms with Gasteiger partial charge in [-0.25, -0.2) is 5.84 Å². The normalized spacial score (nSPS) is 11.5. The van der Waals surface area contributed by atoms with Crippen LogP contribution in [0.5, 0.6) is 0 Å². The Labute approximate surface area is 93.4 Å². The van der Waals surface area contributed by atoms with E-state index in [2.05, 4.69) is 5.43 Å². The Morgan fingerprint density at radius 2 is 2.27 bits per heavy atom. The third-order valence-electron chi connectivity index (χ3n) is 1.74. The fraction of sp³-hybridized carbons (Fsp3) is 0.500. The average molecular weight is 228 g/mol. The SMILES string of the molecule is CC(C)(C)OCc1ccsc1C(=O)NN. The molecule has 84 valence electrons. The van der Waals surface area contributed by atoms with Gasteiger partial charge in [0.15, 0.2) is 0 Å². The van der Waals surface area contributed by atoms with Gasteiger partial charge in [0, 0.05) is 5.56 Å². The monoisotopic (exact) mass is 228 g/mol. The number of carbonyl (C=O) groups is 1. The highest BCUT2D eigenvalue weighted by atomic mass is 32.1. The maximum absolute atomic E-state index is 11.3. The van der Waals surface area contributed by atoms with Gasteiger partial charge in [0.05, 0.1) is 17.1 Å². The van der Waals surface area contributed by atoms with E-state index in [0.29, 0.717) is 11.5 Å². The molecular weight excluding hydrogens is 212 g/mol. The summed E-state index contributed by atoms with van der Waals surface area (Å²) in [5.74, 6) is 4.81. The van der Waals surface area contributed by atoms with Crippen LogP contribution in [0.3, 0.4) is 0 Å². The van der Waals surface area contributed by atoms with E-state index >= 15 is 0 Å². The van der Waals surface area contributed by atoms with E-state index in [-0.39, 0.29) is 11.5 Å². The summed E-state index contributed by atoms with van der Waals surface area (Å²) >= 11 is 1.36. The molecule has 15 heavy (non-hydrogen) atoms. The van der Waals surface area contributed by atoms with Crippen molar-refractivity contribution >= 4 is 17.2 Å². The number of carbonyl (C=O) groups excluding carboxylic acids is 1. The first-order valence-corrected chi connectivity index (χ1v) is 5.53. The minimum atomic E-state index is -0.266. The molecule has 0 saturated carbocycles. The Kier molecular flexibility index (Phi) is 3.84. The molecule has 0 unspecified atom stereocenters. The molecule has 1 aromatic rings. The van der Waals surface area contributed by atoms with E-state index in [1.807, 2.05) is 32.2 Å². The molecule has 5 heteroatoms. The molecule has 4 nitrogen and oxygen atoms in total. The van der Waals surface area contributed by atoms with Crippen LogP contribution in [0.4, 0.5) is 0 Å². The first-order valence-electron chi connectivity index (χ1n) is 4.65. The van der Waals surface area contributed by atoms with E-state index in [1.165, 1.54) is 11.3 Å². The molecule has 0 aliphatic carbocycles. The molecule has 0 fully saturated rings. The molecule has 0 atom stereocenters. The molecule has 0 saturated heterocycles. The summed E-state index contributed by atoms with van der Waals surface area (Å²) in [6, 6.07) is 1.88. The minimum absolute atomic E-state index is 0.210. The van der Waals surface area contributed by atoms with E-state index in [4.69, 9.17) is 10.6 Å². The lowest BCUT2D eigenvalue weighted by atomic mass is 10.2. The van der Waals surface area contributed by atoms with Crippen LogP contribution in [0.1, 0.15) is 36.0 Å². The van der Waals surface area contributed by atoms with Crippen LogP contribution in [0, 0.1) is 0 Å². The Balaban J connectivity index is 2.70. The maximum Gasteiger partial charge on any atom is 0.275 e. The van der Waals surface area contributed by atoms with Gasteiger partial charge in [0.1, 0.15) is 0 Å². The van der Waals surface area contributed by atoms with Crippen molar-refractivity contribution in [2.24, 2.45) is 5.84 Å². The number of nitrogens with one attached hydrogen (secondary N) is 1. The third kappa shape index (κ3) is 3.62. The van der Waals surface area contributed by atoms with Crippen molar-refractivity contribution in [2.75, 3.05) is 0 Å². The number of nitrogen functional groups attached to an aromatic ring is 1. The van der Waals surface area contributed by atoms with Gasteiger partial charge in [-0.3, -0.25) is 10.2 Å². The Morgan fingerprint density at radius 1 is 1.60 bits per heavy atom. The average Bonchev–Trinajstić information content (AvgIpc) is 2.60. The van der Waals surface area contributed by atoms with Crippen molar-refractivity contribution in [3.05, 3.63) is 21.9 Å². The second kappa shape index (κ2) is 4.74. The zero-order chi connectivity index (χ0) is 11.5. The van der Waals surface area contributed by atoms with Crippen LogP contribution in [0.25, 0.3) is 0 Å². The van der Waals surface area contributed by atoms with Crippen molar-refractivity contribution in [1.29, 1.82) is 0 Å². The molecule has 1 rings (SSSR count). The number of hydrogen-bond donors (Lipinski definition) is 2. The molecule has 0 aromatic carbocycles. The summed E-state index contributed by atoms with van der Waals surface area (Å²) < 4.78 is 5.59. The van der Waals surface area contributed by atoms with E-state index in [0.717, 1.165) is 5.56 Å². The summed E-state index contributed by atoms with van der Waals surface area (Å²) in [6.07, 6.45) is 0. The van der Waals surface area contributed by atoms with Gasteiger partial charge in [-0.15, -0.1) is 11.3 Å². The quantitative estimate of drug-likeness (QED) is 0.470. The lowest BCUT2D eigenvalue weighted by Gasteiger charge is -2.19. The second-order valence-corrected chi connectivity index (χ2v) is 5.07. The third-order valence-corrected chi connectivity index (χ3v) is 2.70. The van der Waals surface area contributed by atoms with Gasteiger partial charge in [-0.05, 0) is 32.2 Å². The Hall–Kier alpha value is -0.910. The van der Waals surface area contributed by atoms with Crippen LogP contribution >= 0.6 is 11.3 Å². The number of hydrogen-bond acceptors (Lipinski definition) is 4. The number of amides is 1. The largest absolute Gasteiger partial charge is 0.371 e. The van der Waals surface area contributed by atoms with Crippen molar-refractivity contribution in [3.8, 4) is 0 Å². The summed E-state index contributed by atoms with van der Waals surface area (Å²) in [6.45, 7) is 6.35. The first kappa shape index (κ1) is 12.2. The highest BCUT2D eigenvalue weighted by Crippen LogP contribution is 2.20. The van der Waals surface area contributed by atoms with Gasteiger partial charge in [-0.1, -0.05) is 0 Å². The molecule has 0 radical (unpaired) electrons. The van der Waals surface area contributed by atoms with Gasteiger partial charge >= 0.3 is 0 Å². The zero-order valence-corrected chi connectivity index (χ0v) is 9.98. The van der Waals surface area contributed by atoms with Gasteiger partial charge in [-0.2, -0.15) is 0 Å². The fourth-order valence-corrected chi connectivity index (χ4v) is 1.82. The number of thiophene rings is 1. The topological polar surface area (TPSA) is 64.3 Å². The molecule has 0 bridgehead atoms. The van der Waals surface area contributed by atoms with Crippen molar-refractivity contribution in [1.82, 2.24) is 5.43 Å². The standard InChI is InChI=1S/C10H16N2O2S/c1-10(2,3)14-6-7-4-5-15-8(7)9(13)12-11/h4-5H,6,11H2,1-3H3,(H,12,13). The molecule has 0 aliphatic heterocycles. The molecule has 0 aliphatic rings. The highest BCUT2D eigenvalue weighted by molar-refractivity contribution is 7.12. The van der Waals surface area contributed by atoms with Crippen LogP contribution in [0.2, 0.25) is 0 Å². The summed E-state index contributed by atoms with van der Waals surface area (Å²) in [5, 5.41) is 1.85. The maximum atomic E-state index is 11.3. The second-order valence-electron chi connectivity index (χ2n) is 4.15. The smallest absolute Gasteiger partial charge is 0.275 e. The van der Waals surface area contributed by atoms with Crippen molar-refractivity contribution < 1.29 is 9.53 Å². The molecule has 1 heterocycles. The number of hydrazine groups is 1. The molecule has 3 N–H and O–H groups in total. The van der Waals surface area contributed by atoms with Crippen LogP contribution in [-0.2, 0) is 11.3 Å². The van der Waals surface area contributed by atoms with Gasteiger partial charge in [0.2, 0.25) is 0 Å².